The number of hydrogen-bond acceptors (Lipinski definition) is 4. The van der Waals surface area contributed by atoms with Crippen LogP contribution in [-0.2, 0) is 4.79 Å². The number of carbonyl (C=O) groups is 2. The smallest absolute Gasteiger partial charge is 0.313 e. The predicted octanol–water partition coefficient (Wildman–Crippen LogP) is 1.67. The molecule has 1 aromatic heterocycles. The second kappa shape index (κ2) is 6.43. The molecule has 0 saturated carbocycles. The molecule has 1 aliphatic heterocycles. The zero-order valence-corrected chi connectivity index (χ0v) is 12.8. The molecule has 1 fully saturated rings. The summed E-state index contributed by atoms with van der Waals surface area (Å²) in [5.74, 6) is -0.0742. The van der Waals surface area contributed by atoms with E-state index >= 15 is 0 Å². The van der Waals surface area contributed by atoms with Gasteiger partial charge in [0.25, 0.3) is 0 Å². The molecule has 7 nitrogen and oxygen atoms in total. The van der Waals surface area contributed by atoms with Crippen molar-refractivity contribution in [1.29, 1.82) is 0 Å². The SMILES string of the molecule is Cc1ccc(N2CCN(CC(=O)Nc3ncccn3)C2=O)cc1. The van der Waals surface area contributed by atoms with Crippen molar-refractivity contribution in [2.75, 3.05) is 29.9 Å². The summed E-state index contributed by atoms with van der Waals surface area (Å²) in [6.45, 7) is 3.06. The highest BCUT2D eigenvalue weighted by molar-refractivity contribution is 5.98. The van der Waals surface area contributed by atoms with Crippen LogP contribution in [0, 0.1) is 6.92 Å². The third kappa shape index (κ3) is 3.45. The summed E-state index contributed by atoms with van der Waals surface area (Å²) in [5, 5.41) is 2.58. The molecule has 0 unspecified atom stereocenters. The Bertz CT molecular complexity index is 702. The van der Waals surface area contributed by atoms with Gasteiger partial charge in [-0.1, -0.05) is 17.7 Å². The average Bonchev–Trinajstić information content (AvgIpc) is 2.90. The molecule has 3 amide bonds. The van der Waals surface area contributed by atoms with Crippen molar-refractivity contribution < 1.29 is 9.59 Å². The van der Waals surface area contributed by atoms with Crippen LogP contribution in [0.2, 0.25) is 0 Å². The Morgan fingerprint density at radius 2 is 1.87 bits per heavy atom. The zero-order valence-electron chi connectivity index (χ0n) is 12.8. The molecule has 0 atom stereocenters. The first-order valence-electron chi connectivity index (χ1n) is 7.33. The molecule has 7 heteroatoms. The van der Waals surface area contributed by atoms with Crippen LogP contribution < -0.4 is 10.2 Å². The lowest BCUT2D eigenvalue weighted by molar-refractivity contribution is -0.116. The number of benzene rings is 1. The number of aryl methyl sites for hydroxylation is 1. The topological polar surface area (TPSA) is 78.4 Å². The minimum atomic E-state index is -0.310. The molecule has 0 bridgehead atoms. The van der Waals surface area contributed by atoms with Gasteiger partial charge in [-0.05, 0) is 25.1 Å². The molecule has 2 aromatic rings. The van der Waals surface area contributed by atoms with Crippen LogP contribution in [0.15, 0.2) is 42.7 Å². The van der Waals surface area contributed by atoms with Gasteiger partial charge in [0.15, 0.2) is 0 Å². The Hall–Kier alpha value is -2.96. The van der Waals surface area contributed by atoms with Crippen LogP contribution in [0.5, 0.6) is 0 Å². The number of hydrogen-bond donors (Lipinski definition) is 1. The van der Waals surface area contributed by atoms with Gasteiger partial charge >= 0.3 is 6.03 Å². The fourth-order valence-electron chi connectivity index (χ4n) is 2.39. The first kappa shape index (κ1) is 15.0. The molecule has 23 heavy (non-hydrogen) atoms. The number of rotatable bonds is 4. The van der Waals surface area contributed by atoms with Crippen LogP contribution in [0.3, 0.4) is 0 Å². The number of carbonyl (C=O) groups excluding carboxylic acids is 2. The van der Waals surface area contributed by atoms with Gasteiger partial charge in [0.05, 0.1) is 0 Å². The first-order valence-corrected chi connectivity index (χ1v) is 7.33. The Kier molecular flexibility index (Phi) is 4.18. The minimum Gasteiger partial charge on any atom is -0.313 e. The number of anilines is 2. The molecule has 1 aliphatic rings. The third-order valence-electron chi connectivity index (χ3n) is 3.59. The van der Waals surface area contributed by atoms with Gasteiger partial charge in [-0.25, -0.2) is 14.8 Å². The van der Waals surface area contributed by atoms with E-state index in [2.05, 4.69) is 15.3 Å². The summed E-state index contributed by atoms with van der Waals surface area (Å²) in [6, 6.07) is 9.25. The van der Waals surface area contributed by atoms with Crippen LogP contribution in [0.4, 0.5) is 16.4 Å². The number of aromatic nitrogens is 2. The van der Waals surface area contributed by atoms with Gasteiger partial charge in [0.1, 0.15) is 6.54 Å². The van der Waals surface area contributed by atoms with E-state index in [1.165, 1.54) is 4.90 Å². The highest BCUT2D eigenvalue weighted by Crippen LogP contribution is 2.20. The van der Waals surface area contributed by atoms with Gasteiger partial charge in [-0.2, -0.15) is 0 Å². The van der Waals surface area contributed by atoms with E-state index in [-0.39, 0.29) is 24.4 Å². The van der Waals surface area contributed by atoms with E-state index < -0.39 is 0 Å². The van der Waals surface area contributed by atoms with Gasteiger partial charge in [0.2, 0.25) is 11.9 Å². The Labute approximate surface area is 134 Å². The quantitative estimate of drug-likeness (QED) is 0.931. The normalized spacial score (nSPS) is 14.2. The third-order valence-corrected chi connectivity index (χ3v) is 3.59. The largest absolute Gasteiger partial charge is 0.325 e. The highest BCUT2D eigenvalue weighted by Gasteiger charge is 2.30. The highest BCUT2D eigenvalue weighted by atomic mass is 16.2. The summed E-state index contributed by atoms with van der Waals surface area (Å²) in [7, 11) is 0. The van der Waals surface area contributed by atoms with Crippen LogP contribution in [0.1, 0.15) is 5.56 Å². The van der Waals surface area contributed by atoms with Gasteiger partial charge in [-0.15, -0.1) is 0 Å². The van der Waals surface area contributed by atoms with Crippen molar-refractivity contribution in [3.05, 3.63) is 48.3 Å². The molecular weight excluding hydrogens is 294 g/mol. The molecular formula is C16H17N5O2. The fourth-order valence-corrected chi connectivity index (χ4v) is 2.39. The second-order valence-electron chi connectivity index (χ2n) is 5.31. The van der Waals surface area contributed by atoms with Crippen molar-refractivity contribution >= 4 is 23.6 Å². The standard InChI is InChI=1S/C16H17N5O2/c1-12-3-5-13(6-4-12)21-10-9-20(16(21)23)11-14(22)19-15-17-7-2-8-18-15/h2-8H,9-11H2,1H3,(H,17,18,19,22). The van der Waals surface area contributed by atoms with Gasteiger partial charge < -0.3 is 4.90 Å². The van der Waals surface area contributed by atoms with E-state index in [0.29, 0.717) is 13.1 Å². The Balaban J connectivity index is 1.61. The van der Waals surface area contributed by atoms with Crippen molar-refractivity contribution in [2.24, 2.45) is 0 Å². The van der Waals surface area contributed by atoms with Crippen LogP contribution in [0.25, 0.3) is 0 Å². The molecule has 1 N–H and O–H groups in total. The summed E-state index contributed by atoms with van der Waals surface area (Å²) in [5.41, 5.74) is 1.98. The maximum atomic E-state index is 12.4. The van der Waals surface area contributed by atoms with Crippen molar-refractivity contribution in [2.45, 2.75) is 6.92 Å². The number of nitrogens with zero attached hydrogens (tertiary/aromatic N) is 4. The fraction of sp³-hybridized carbons (Fsp3) is 0.250. The van der Waals surface area contributed by atoms with E-state index in [1.807, 2.05) is 31.2 Å². The molecule has 1 aromatic carbocycles. The average molecular weight is 311 g/mol. The lowest BCUT2D eigenvalue weighted by Gasteiger charge is -2.18. The molecule has 1 saturated heterocycles. The molecule has 0 aliphatic carbocycles. The Morgan fingerprint density at radius 1 is 1.17 bits per heavy atom. The molecule has 118 valence electrons. The summed E-state index contributed by atoms with van der Waals surface area (Å²) in [4.78, 5) is 35.5. The van der Waals surface area contributed by atoms with Crippen molar-refractivity contribution in [1.82, 2.24) is 14.9 Å². The second-order valence-corrected chi connectivity index (χ2v) is 5.31. The van der Waals surface area contributed by atoms with E-state index in [1.54, 1.807) is 23.4 Å². The van der Waals surface area contributed by atoms with Crippen LogP contribution in [-0.4, -0.2) is 46.4 Å². The van der Waals surface area contributed by atoms with E-state index in [0.717, 1.165) is 11.3 Å². The lowest BCUT2D eigenvalue weighted by Crippen LogP contribution is -2.37. The maximum Gasteiger partial charge on any atom is 0.325 e. The molecule has 3 rings (SSSR count). The Morgan fingerprint density at radius 3 is 2.57 bits per heavy atom. The molecule has 0 radical (unpaired) electrons. The maximum absolute atomic E-state index is 12.4. The molecule has 0 spiro atoms. The summed E-state index contributed by atoms with van der Waals surface area (Å²) >= 11 is 0. The zero-order chi connectivity index (χ0) is 16.2. The van der Waals surface area contributed by atoms with E-state index in [4.69, 9.17) is 0 Å². The number of urea groups is 1. The predicted molar refractivity (Wildman–Crippen MR) is 86.2 cm³/mol. The number of amides is 3. The summed E-state index contributed by atoms with van der Waals surface area (Å²) in [6.07, 6.45) is 3.09. The first-order chi connectivity index (χ1) is 11.1. The lowest BCUT2D eigenvalue weighted by atomic mass is 10.2. The van der Waals surface area contributed by atoms with E-state index in [9.17, 15) is 9.59 Å². The van der Waals surface area contributed by atoms with Gasteiger partial charge in [-0.3, -0.25) is 15.0 Å². The van der Waals surface area contributed by atoms with Gasteiger partial charge in [0, 0.05) is 31.2 Å². The summed E-state index contributed by atoms with van der Waals surface area (Å²) < 4.78 is 0. The van der Waals surface area contributed by atoms with Crippen molar-refractivity contribution in [3.8, 4) is 0 Å². The monoisotopic (exact) mass is 311 g/mol. The molecule has 2 heterocycles. The van der Waals surface area contributed by atoms with Crippen molar-refractivity contribution in [3.63, 3.8) is 0 Å². The number of nitrogens with one attached hydrogen (secondary N) is 1. The minimum absolute atomic E-state index is 0.0144. The van der Waals surface area contributed by atoms with Crippen LogP contribution >= 0.6 is 0 Å².